The van der Waals surface area contributed by atoms with Crippen LogP contribution in [-0.4, -0.2) is 11.6 Å². The van der Waals surface area contributed by atoms with Gasteiger partial charge in [0.15, 0.2) is 0 Å². The Hall–Kier alpha value is -1.55. The van der Waals surface area contributed by atoms with Crippen molar-refractivity contribution in [2.24, 2.45) is 0 Å². The normalized spacial score (nSPS) is 12.1. The summed E-state index contributed by atoms with van der Waals surface area (Å²) in [6, 6.07) is 8.28. The van der Waals surface area contributed by atoms with E-state index in [4.69, 9.17) is 4.74 Å². The molecule has 1 aromatic heterocycles. The van der Waals surface area contributed by atoms with E-state index in [2.05, 4.69) is 17.2 Å². The number of nitrogens with zero attached hydrogens (tertiary/aromatic N) is 1. The van der Waals surface area contributed by atoms with Crippen molar-refractivity contribution in [2.75, 3.05) is 11.9 Å². The lowest BCUT2D eigenvalue weighted by Crippen LogP contribution is -2.05. The quantitative estimate of drug-likeness (QED) is 0.875. The van der Waals surface area contributed by atoms with E-state index in [-0.39, 0.29) is 6.04 Å². The Balaban J connectivity index is 2.05. The summed E-state index contributed by atoms with van der Waals surface area (Å²) in [5, 5.41) is 3.43. The van der Waals surface area contributed by atoms with Gasteiger partial charge in [0.25, 0.3) is 0 Å². The van der Waals surface area contributed by atoms with Crippen molar-refractivity contribution in [2.45, 2.75) is 19.9 Å². The molecule has 0 saturated heterocycles. The molecular formula is C13H16N2OS. The first-order chi connectivity index (χ1) is 8.29. The molecule has 0 amide bonds. The molecule has 1 heterocycles. The monoisotopic (exact) mass is 248 g/mol. The highest BCUT2D eigenvalue weighted by molar-refractivity contribution is 7.09. The third-order valence-electron chi connectivity index (χ3n) is 2.41. The molecule has 1 unspecified atom stereocenters. The van der Waals surface area contributed by atoms with E-state index in [0.29, 0.717) is 6.61 Å². The van der Waals surface area contributed by atoms with Crippen molar-refractivity contribution in [1.29, 1.82) is 0 Å². The van der Waals surface area contributed by atoms with Gasteiger partial charge in [0, 0.05) is 22.8 Å². The Morgan fingerprint density at radius 1 is 1.47 bits per heavy atom. The fourth-order valence-corrected chi connectivity index (χ4v) is 2.23. The summed E-state index contributed by atoms with van der Waals surface area (Å²) in [6.45, 7) is 4.80. The van der Waals surface area contributed by atoms with E-state index < -0.39 is 0 Å². The molecule has 0 saturated carbocycles. The van der Waals surface area contributed by atoms with Gasteiger partial charge < -0.3 is 10.1 Å². The Labute approximate surface area is 105 Å². The van der Waals surface area contributed by atoms with Gasteiger partial charge in [0.2, 0.25) is 0 Å². The summed E-state index contributed by atoms with van der Waals surface area (Å²) in [5.41, 5.74) is 2.92. The number of hydrogen-bond donors (Lipinski definition) is 1. The number of aromatic nitrogens is 1. The van der Waals surface area contributed by atoms with Crippen molar-refractivity contribution in [3.05, 3.63) is 40.8 Å². The zero-order valence-corrected chi connectivity index (χ0v) is 10.8. The minimum atomic E-state index is 0.263. The van der Waals surface area contributed by atoms with Crippen LogP contribution in [0, 0.1) is 0 Å². The molecule has 90 valence electrons. The summed E-state index contributed by atoms with van der Waals surface area (Å²) >= 11 is 1.66. The third kappa shape index (κ3) is 3.20. The average molecular weight is 248 g/mol. The summed E-state index contributed by atoms with van der Waals surface area (Å²) in [7, 11) is 0. The molecule has 0 aliphatic rings. The molecule has 0 aliphatic heterocycles. The van der Waals surface area contributed by atoms with E-state index in [1.807, 2.05) is 42.9 Å². The first kappa shape index (κ1) is 11.9. The number of thiazole rings is 1. The Morgan fingerprint density at radius 3 is 3.06 bits per heavy atom. The maximum atomic E-state index is 5.47. The Bertz CT molecular complexity index is 456. The smallest absolute Gasteiger partial charge is 0.121 e. The van der Waals surface area contributed by atoms with E-state index >= 15 is 0 Å². The van der Waals surface area contributed by atoms with Gasteiger partial charge in [-0.3, -0.25) is 4.98 Å². The van der Waals surface area contributed by atoms with Gasteiger partial charge in [-0.2, -0.15) is 0 Å². The standard InChI is InChI=1S/C13H16N2OS/c1-3-16-12-6-4-5-11(7-12)15-10(2)13-8-14-9-17-13/h4-10,15H,3H2,1-2H3. The van der Waals surface area contributed by atoms with Crippen LogP contribution in [0.4, 0.5) is 5.69 Å². The molecule has 2 aromatic rings. The number of hydrogen-bond acceptors (Lipinski definition) is 4. The van der Waals surface area contributed by atoms with E-state index in [1.165, 1.54) is 4.88 Å². The molecule has 3 nitrogen and oxygen atoms in total. The predicted octanol–water partition coefficient (Wildman–Crippen LogP) is 3.71. The van der Waals surface area contributed by atoms with Crippen LogP contribution in [0.2, 0.25) is 0 Å². The second-order valence-electron chi connectivity index (χ2n) is 3.73. The van der Waals surface area contributed by atoms with Gasteiger partial charge in [-0.25, -0.2) is 0 Å². The molecule has 0 fully saturated rings. The topological polar surface area (TPSA) is 34.1 Å². The number of nitrogens with one attached hydrogen (secondary N) is 1. The molecule has 0 bridgehead atoms. The van der Waals surface area contributed by atoms with Gasteiger partial charge in [0.1, 0.15) is 5.75 Å². The van der Waals surface area contributed by atoms with Crippen LogP contribution in [0.25, 0.3) is 0 Å². The number of ether oxygens (including phenoxy) is 1. The predicted molar refractivity (Wildman–Crippen MR) is 71.8 cm³/mol. The van der Waals surface area contributed by atoms with Crippen LogP contribution in [0.5, 0.6) is 5.75 Å². The molecular weight excluding hydrogens is 232 g/mol. The summed E-state index contributed by atoms with van der Waals surface area (Å²) in [6.07, 6.45) is 1.90. The zero-order valence-electron chi connectivity index (χ0n) is 10.0. The lowest BCUT2D eigenvalue weighted by atomic mass is 10.2. The van der Waals surface area contributed by atoms with Crippen LogP contribution >= 0.6 is 11.3 Å². The lowest BCUT2D eigenvalue weighted by Gasteiger charge is -2.14. The SMILES string of the molecule is CCOc1cccc(NC(C)c2cncs2)c1. The van der Waals surface area contributed by atoms with Crippen LogP contribution in [0.1, 0.15) is 24.8 Å². The molecule has 0 radical (unpaired) electrons. The second kappa shape index (κ2) is 5.68. The summed E-state index contributed by atoms with van der Waals surface area (Å²) in [4.78, 5) is 5.31. The van der Waals surface area contributed by atoms with Gasteiger partial charge in [-0.05, 0) is 26.0 Å². The second-order valence-corrected chi connectivity index (χ2v) is 4.65. The number of benzene rings is 1. The summed E-state index contributed by atoms with van der Waals surface area (Å²) in [5.74, 6) is 0.897. The lowest BCUT2D eigenvalue weighted by molar-refractivity contribution is 0.340. The Kier molecular flexibility index (Phi) is 3.98. The molecule has 0 aliphatic carbocycles. The first-order valence-corrected chi connectivity index (χ1v) is 6.55. The molecule has 1 atom stereocenters. The van der Waals surface area contributed by atoms with Gasteiger partial charge in [-0.1, -0.05) is 6.07 Å². The van der Waals surface area contributed by atoms with Gasteiger partial charge in [-0.15, -0.1) is 11.3 Å². The van der Waals surface area contributed by atoms with Crippen molar-refractivity contribution >= 4 is 17.0 Å². The fourth-order valence-electron chi connectivity index (χ4n) is 1.60. The first-order valence-electron chi connectivity index (χ1n) is 5.67. The van der Waals surface area contributed by atoms with Crippen LogP contribution < -0.4 is 10.1 Å². The van der Waals surface area contributed by atoms with E-state index in [1.54, 1.807) is 11.3 Å². The van der Waals surface area contributed by atoms with Gasteiger partial charge in [0.05, 0.1) is 18.2 Å². The molecule has 0 spiro atoms. The van der Waals surface area contributed by atoms with Crippen LogP contribution in [-0.2, 0) is 0 Å². The van der Waals surface area contributed by atoms with Crippen LogP contribution in [0.3, 0.4) is 0 Å². The largest absolute Gasteiger partial charge is 0.494 e. The van der Waals surface area contributed by atoms with Crippen molar-refractivity contribution in [1.82, 2.24) is 4.98 Å². The molecule has 17 heavy (non-hydrogen) atoms. The molecule has 1 aromatic carbocycles. The van der Waals surface area contributed by atoms with E-state index in [9.17, 15) is 0 Å². The van der Waals surface area contributed by atoms with E-state index in [0.717, 1.165) is 11.4 Å². The maximum Gasteiger partial charge on any atom is 0.121 e. The summed E-state index contributed by atoms with van der Waals surface area (Å²) < 4.78 is 5.47. The molecule has 1 N–H and O–H groups in total. The average Bonchev–Trinajstić information content (AvgIpc) is 2.83. The van der Waals surface area contributed by atoms with Crippen molar-refractivity contribution < 1.29 is 4.74 Å². The highest BCUT2D eigenvalue weighted by Gasteiger charge is 2.06. The number of anilines is 1. The zero-order chi connectivity index (χ0) is 12.1. The minimum Gasteiger partial charge on any atom is -0.494 e. The van der Waals surface area contributed by atoms with Gasteiger partial charge >= 0.3 is 0 Å². The molecule has 4 heteroatoms. The van der Waals surface area contributed by atoms with Crippen molar-refractivity contribution in [3.8, 4) is 5.75 Å². The van der Waals surface area contributed by atoms with Crippen LogP contribution in [0.15, 0.2) is 36.0 Å². The maximum absolute atomic E-state index is 5.47. The Morgan fingerprint density at radius 2 is 2.35 bits per heavy atom. The highest BCUT2D eigenvalue weighted by atomic mass is 32.1. The fraction of sp³-hybridized carbons (Fsp3) is 0.308. The number of rotatable bonds is 5. The third-order valence-corrected chi connectivity index (χ3v) is 3.36. The molecule has 2 rings (SSSR count). The minimum absolute atomic E-state index is 0.263. The highest BCUT2D eigenvalue weighted by Crippen LogP contribution is 2.24. The van der Waals surface area contributed by atoms with Crippen molar-refractivity contribution in [3.63, 3.8) is 0 Å².